The number of H-pyrrole nitrogens is 1. The van der Waals surface area contributed by atoms with Crippen LogP contribution < -0.4 is 9.64 Å². The number of para-hydroxylation sites is 1. The van der Waals surface area contributed by atoms with Gasteiger partial charge in [0.25, 0.3) is 0 Å². The van der Waals surface area contributed by atoms with Gasteiger partial charge in [-0.3, -0.25) is 0 Å². The van der Waals surface area contributed by atoms with Crippen LogP contribution in [0.5, 0.6) is 5.75 Å². The Hall–Kier alpha value is -3.59. The molecular weight excluding hydrogens is 402 g/mol. The molecule has 1 fully saturated rings. The van der Waals surface area contributed by atoms with Crippen LogP contribution in [0.25, 0.3) is 10.9 Å². The van der Waals surface area contributed by atoms with Crippen molar-refractivity contribution in [3.8, 4) is 11.8 Å². The molecule has 2 aliphatic heterocycles. The number of nitriles is 1. The molecule has 0 bridgehead atoms. The lowest BCUT2D eigenvalue weighted by molar-refractivity contribution is -0.0310. The standard InChI is InChI=1S/C26H27N3O3/c27-17-21-18-28-26-23(21)3-1-4-24(26)29-12-10-20(11-13-29)19-6-8-22(9-7-19)30-14-2-5-25-31-15-16-32-25/h1,3-4,6-9,15-16,18,20,25,28H,2,5,10-14H2. The summed E-state index contributed by atoms with van der Waals surface area (Å²) in [5.41, 5.74) is 4.33. The maximum atomic E-state index is 9.31. The number of nitrogens with one attached hydrogen (secondary N) is 1. The number of nitrogens with zero attached hydrogens (tertiary/aromatic N) is 2. The fourth-order valence-corrected chi connectivity index (χ4v) is 4.63. The fraction of sp³-hybridized carbons (Fsp3) is 0.346. The molecule has 2 aromatic carbocycles. The maximum absolute atomic E-state index is 9.31. The summed E-state index contributed by atoms with van der Waals surface area (Å²) >= 11 is 0. The highest BCUT2D eigenvalue weighted by molar-refractivity contribution is 5.95. The van der Waals surface area contributed by atoms with E-state index in [0.717, 1.165) is 55.4 Å². The van der Waals surface area contributed by atoms with Crippen LogP contribution >= 0.6 is 0 Å². The highest BCUT2D eigenvalue weighted by Crippen LogP contribution is 2.34. The van der Waals surface area contributed by atoms with Crippen LogP contribution in [0.4, 0.5) is 5.69 Å². The lowest BCUT2D eigenvalue weighted by atomic mass is 9.89. The van der Waals surface area contributed by atoms with E-state index in [4.69, 9.17) is 14.2 Å². The molecule has 1 saturated heterocycles. The first-order chi connectivity index (χ1) is 15.8. The van der Waals surface area contributed by atoms with Crippen LogP contribution in [0.2, 0.25) is 0 Å². The highest BCUT2D eigenvalue weighted by Gasteiger charge is 2.22. The number of anilines is 1. The van der Waals surface area contributed by atoms with E-state index in [1.165, 1.54) is 11.3 Å². The van der Waals surface area contributed by atoms with Crippen molar-refractivity contribution in [1.29, 1.82) is 5.26 Å². The molecule has 0 atom stereocenters. The average molecular weight is 430 g/mol. The number of aromatic amines is 1. The van der Waals surface area contributed by atoms with E-state index in [1.807, 2.05) is 12.1 Å². The number of hydrogen-bond donors (Lipinski definition) is 1. The summed E-state index contributed by atoms with van der Waals surface area (Å²) in [4.78, 5) is 5.73. The van der Waals surface area contributed by atoms with Crippen LogP contribution in [0.1, 0.15) is 42.7 Å². The van der Waals surface area contributed by atoms with Gasteiger partial charge in [-0.25, -0.2) is 0 Å². The number of ether oxygens (including phenoxy) is 3. The Morgan fingerprint density at radius 2 is 1.84 bits per heavy atom. The minimum atomic E-state index is -0.163. The Bertz CT molecular complexity index is 1110. The molecule has 6 heteroatoms. The van der Waals surface area contributed by atoms with Gasteiger partial charge in [0.2, 0.25) is 6.29 Å². The van der Waals surface area contributed by atoms with Crippen LogP contribution in [0.15, 0.2) is 61.2 Å². The van der Waals surface area contributed by atoms with Gasteiger partial charge >= 0.3 is 0 Å². The molecule has 2 aliphatic rings. The molecule has 0 radical (unpaired) electrons. The predicted molar refractivity (Wildman–Crippen MR) is 123 cm³/mol. The molecule has 0 aliphatic carbocycles. The van der Waals surface area contributed by atoms with Gasteiger partial charge in [-0.05, 0) is 48.9 Å². The molecule has 5 rings (SSSR count). The van der Waals surface area contributed by atoms with Gasteiger partial charge in [0.05, 0.1) is 23.4 Å². The van der Waals surface area contributed by atoms with E-state index in [1.54, 1.807) is 18.7 Å². The summed E-state index contributed by atoms with van der Waals surface area (Å²) < 4.78 is 16.4. The average Bonchev–Trinajstić information content (AvgIpc) is 3.52. The van der Waals surface area contributed by atoms with Gasteiger partial charge in [-0.2, -0.15) is 5.26 Å². The number of fused-ring (bicyclic) bond motifs is 1. The molecule has 1 N–H and O–H groups in total. The first kappa shape index (κ1) is 20.3. The molecule has 0 saturated carbocycles. The lowest BCUT2D eigenvalue weighted by Crippen LogP contribution is -2.33. The van der Waals surface area contributed by atoms with Crippen molar-refractivity contribution in [2.24, 2.45) is 0 Å². The van der Waals surface area contributed by atoms with Crippen molar-refractivity contribution in [3.63, 3.8) is 0 Å². The molecule has 3 heterocycles. The molecule has 0 spiro atoms. The zero-order valence-electron chi connectivity index (χ0n) is 18.0. The Kier molecular flexibility index (Phi) is 5.89. The number of piperidine rings is 1. The summed E-state index contributed by atoms with van der Waals surface area (Å²) in [6.45, 7) is 2.66. The van der Waals surface area contributed by atoms with E-state index in [2.05, 4.69) is 46.3 Å². The summed E-state index contributed by atoms with van der Waals surface area (Å²) in [5, 5.41) is 10.3. The molecular formula is C26H27N3O3. The first-order valence-electron chi connectivity index (χ1n) is 11.3. The van der Waals surface area contributed by atoms with Crippen molar-refractivity contribution >= 4 is 16.6 Å². The van der Waals surface area contributed by atoms with Gasteiger partial charge in [0.1, 0.15) is 24.3 Å². The topological polar surface area (TPSA) is 70.5 Å². The van der Waals surface area contributed by atoms with Crippen LogP contribution in [0, 0.1) is 11.3 Å². The third kappa shape index (κ3) is 4.24. The third-order valence-electron chi connectivity index (χ3n) is 6.37. The first-order valence-corrected chi connectivity index (χ1v) is 11.3. The molecule has 0 unspecified atom stereocenters. The third-order valence-corrected chi connectivity index (χ3v) is 6.37. The maximum Gasteiger partial charge on any atom is 0.239 e. The second kappa shape index (κ2) is 9.27. The summed E-state index contributed by atoms with van der Waals surface area (Å²) in [6.07, 6.45) is 8.73. The smallest absolute Gasteiger partial charge is 0.239 e. The van der Waals surface area contributed by atoms with E-state index in [0.29, 0.717) is 18.1 Å². The number of rotatable bonds is 7. The van der Waals surface area contributed by atoms with E-state index in [9.17, 15) is 5.26 Å². The van der Waals surface area contributed by atoms with Gasteiger partial charge in [-0.15, -0.1) is 0 Å². The van der Waals surface area contributed by atoms with E-state index in [-0.39, 0.29) is 6.29 Å². The largest absolute Gasteiger partial charge is 0.494 e. The number of hydrogen-bond acceptors (Lipinski definition) is 5. The van der Waals surface area contributed by atoms with Crippen molar-refractivity contribution in [1.82, 2.24) is 4.98 Å². The minimum Gasteiger partial charge on any atom is -0.494 e. The second-order valence-corrected chi connectivity index (χ2v) is 8.31. The Morgan fingerprint density at radius 1 is 1.06 bits per heavy atom. The van der Waals surface area contributed by atoms with Crippen molar-refractivity contribution in [3.05, 3.63) is 72.3 Å². The lowest BCUT2D eigenvalue weighted by Gasteiger charge is -2.34. The highest BCUT2D eigenvalue weighted by atomic mass is 16.7. The normalized spacial score (nSPS) is 16.7. The van der Waals surface area contributed by atoms with Crippen molar-refractivity contribution in [2.75, 3.05) is 24.6 Å². The van der Waals surface area contributed by atoms with Crippen molar-refractivity contribution < 1.29 is 14.2 Å². The quantitative estimate of drug-likeness (QED) is 0.507. The Labute approximate surface area is 188 Å². The molecule has 164 valence electrons. The molecule has 32 heavy (non-hydrogen) atoms. The number of aromatic nitrogens is 1. The van der Waals surface area contributed by atoms with Crippen LogP contribution in [0.3, 0.4) is 0 Å². The zero-order valence-corrected chi connectivity index (χ0v) is 18.0. The van der Waals surface area contributed by atoms with Crippen LogP contribution in [-0.4, -0.2) is 31.0 Å². The Balaban J connectivity index is 1.14. The monoisotopic (exact) mass is 429 g/mol. The van der Waals surface area contributed by atoms with Gasteiger partial charge in [0.15, 0.2) is 0 Å². The SMILES string of the molecule is N#Cc1c[nH]c2c(N3CCC(c4ccc(OCCCC5OC=CO5)cc4)CC3)cccc12. The second-order valence-electron chi connectivity index (χ2n) is 8.31. The van der Waals surface area contributed by atoms with Crippen molar-refractivity contribution in [2.45, 2.75) is 37.9 Å². The molecule has 6 nitrogen and oxygen atoms in total. The molecule has 0 amide bonds. The van der Waals surface area contributed by atoms with Crippen LogP contribution in [-0.2, 0) is 9.47 Å². The predicted octanol–water partition coefficient (Wildman–Crippen LogP) is 5.43. The van der Waals surface area contributed by atoms with E-state index >= 15 is 0 Å². The number of benzene rings is 2. The fourth-order valence-electron chi connectivity index (χ4n) is 4.63. The summed E-state index contributed by atoms with van der Waals surface area (Å²) in [6, 6.07) is 17.0. The minimum absolute atomic E-state index is 0.163. The molecule has 3 aromatic rings. The van der Waals surface area contributed by atoms with E-state index < -0.39 is 0 Å². The summed E-state index contributed by atoms with van der Waals surface area (Å²) in [5.74, 6) is 1.46. The summed E-state index contributed by atoms with van der Waals surface area (Å²) in [7, 11) is 0. The van der Waals surface area contributed by atoms with Gasteiger partial charge < -0.3 is 24.1 Å². The van der Waals surface area contributed by atoms with Gasteiger partial charge in [-0.1, -0.05) is 24.3 Å². The van der Waals surface area contributed by atoms with Gasteiger partial charge in [0, 0.05) is 31.1 Å². The Morgan fingerprint density at radius 3 is 2.59 bits per heavy atom. The zero-order chi connectivity index (χ0) is 21.8. The molecule has 1 aromatic heterocycles.